The highest BCUT2D eigenvalue weighted by Gasteiger charge is 2.05. The minimum absolute atomic E-state index is 0.247. The number of nitrogens with zero attached hydrogens (tertiary/aromatic N) is 2. The maximum Gasteiger partial charge on any atom is 0.140 e. The number of aromatic hydroxyl groups is 1. The zero-order chi connectivity index (χ0) is 12.3. The van der Waals surface area contributed by atoms with Crippen LogP contribution in [0, 0.1) is 18.3 Å². The van der Waals surface area contributed by atoms with Gasteiger partial charge in [0.25, 0.3) is 0 Å². The Morgan fingerprint density at radius 1 is 1.24 bits per heavy atom. The molecule has 2 rings (SSSR count). The zero-order valence-electron chi connectivity index (χ0n) is 9.51. The van der Waals surface area contributed by atoms with E-state index in [1.807, 2.05) is 12.1 Å². The van der Waals surface area contributed by atoms with Crippen LogP contribution in [-0.2, 0) is 6.42 Å². The third-order valence-electron chi connectivity index (χ3n) is 2.67. The molecular formula is C14H12N2O. The lowest BCUT2D eigenvalue weighted by Gasteiger charge is -2.06. The van der Waals surface area contributed by atoms with E-state index >= 15 is 0 Å². The van der Waals surface area contributed by atoms with Gasteiger partial charge in [-0.05, 0) is 30.7 Å². The van der Waals surface area contributed by atoms with Gasteiger partial charge >= 0.3 is 0 Å². The summed E-state index contributed by atoms with van der Waals surface area (Å²) in [5.41, 5.74) is 3.19. The van der Waals surface area contributed by atoms with Crippen molar-refractivity contribution >= 4 is 0 Å². The number of aromatic nitrogens is 1. The lowest BCUT2D eigenvalue weighted by Crippen LogP contribution is -1.92. The summed E-state index contributed by atoms with van der Waals surface area (Å²) >= 11 is 0. The Bertz CT molecular complexity index is 568. The van der Waals surface area contributed by atoms with Crippen molar-refractivity contribution in [3.8, 4) is 11.8 Å². The van der Waals surface area contributed by atoms with Gasteiger partial charge in [-0.1, -0.05) is 12.1 Å². The quantitative estimate of drug-likeness (QED) is 0.852. The predicted octanol–water partition coefficient (Wildman–Crippen LogP) is 2.56. The van der Waals surface area contributed by atoms with Crippen molar-refractivity contribution in [3.63, 3.8) is 0 Å². The fourth-order valence-corrected chi connectivity index (χ4v) is 1.67. The molecule has 2 aromatic rings. The maximum atomic E-state index is 9.84. The highest BCUT2D eigenvalue weighted by atomic mass is 16.3. The van der Waals surface area contributed by atoms with Gasteiger partial charge in [0.05, 0.1) is 17.3 Å². The van der Waals surface area contributed by atoms with E-state index in [1.165, 1.54) is 0 Å². The molecule has 1 aromatic carbocycles. The first-order valence-electron chi connectivity index (χ1n) is 5.33. The number of aryl methyl sites for hydroxylation is 1. The van der Waals surface area contributed by atoms with Crippen LogP contribution >= 0.6 is 0 Å². The molecular weight excluding hydrogens is 212 g/mol. The van der Waals surface area contributed by atoms with Crippen LogP contribution in [0.15, 0.2) is 36.5 Å². The normalized spacial score (nSPS) is 9.88. The highest BCUT2D eigenvalue weighted by molar-refractivity contribution is 5.40. The summed E-state index contributed by atoms with van der Waals surface area (Å²) in [4.78, 5) is 4.02. The van der Waals surface area contributed by atoms with Crippen LogP contribution in [0.4, 0.5) is 0 Å². The van der Waals surface area contributed by atoms with Gasteiger partial charge in [-0.2, -0.15) is 5.26 Å². The average Bonchev–Trinajstić information content (AvgIpc) is 2.36. The Morgan fingerprint density at radius 2 is 1.94 bits per heavy atom. The summed E-state index contributed by atoms with van der Waals surface area (Å²) in [6.07, 6.45) is 2.33. The molecule has 17 heavy (non-hydrogen) atoms. The molecule has 0 aliphatic rings. The van der Waals surface area contributed by atoms with E-state index < -0.39 is 0 Å². The molecule has 1 aromatic heterocycles. The third-order valence-corrected chi connectivity index (χ3v) is 2.67. The van der Waals surface area contributed by atoms with Gasteiger partial charge in [-0.15, -0.1) is 0 Å². The van der Waals surface area contributed by atoms with E-state index in [0.717, 1.165) is 11.1 Å². The SMILES string of the molecule is Cc1nccc(Cc2ccc(C#N)cc2)c1O. The number of hydrogen-bond donors (Lipinski definition) is 1. The molecule has 84 valence electrons. The van der Waals surface area contributed by atoms with Gasteiger partial charge in [0, 0.05) is 18.2 Å². The van der Waals surface area contributed by atoms with Crippen molar-refractivity contribution in [2.45, 2.75) is 13.3 Å². The number of rotatable bonds is 2. The van der Waals surface area contributed by atoms with Gasteiger partial charge in [-0.3, -0.25) is 4.98 Å². The van der Waals surface area contributed by atoms with Crippen LogP contribution in [0.1, 0.15) is 22.4 Å². The van der Waals surface area contributed by atoms with Gasteiger partial charge in [-0.25, -0.2) is 0 Å². The second-order valence-electron chi connectivity index (χ2n) is 3.89. The van der Waals surface area contributed by atoms with Gasteiger partial charge in [0.15, 0.2) is 0 Å². The van der Waals surface area contributed by atoms with E-state index in [-0.39, 0.29) is 5.75 Å². The second-order valence-corrected chi connectivity index (χ2v) is 3.89. The molecule has 3 heteroatoms. The Labute approximate surface area is 100.0 Å². The number of nitriles is 1. The molecule has 0 saturated carbocycles. The van der Waals surface area contributed by atoms with E-state index in [1.54, 1.807) is 31.3 Å². The fourth-order valence-electron chi connectivity index (χ4n) is 1.67. The summed E-state index contributed by atoms with van der Waals surface area (Å²) in [6.45, 7) is 1.78. The second kappa shape index (κ2) is 4.67. The lowest BCUT2D eigenvalue weighted by atomic mass is 10.0. The summed E-state index contributed by atoms with van der Waals surface area (Å²) in [5, 5.41) is 18.5. The van der Waals surface area contributed by atoms with Crippen molar-refractivity contribution < 1.29 is 5.11 Å². The van der Waals surface area contributed by atoms with Crippen LogP contribution in [0.25, 0.3) is 0 Å². The van der Waals surface area contributed by atoms with Gasteiger partial charge in [0.2, 0.25) is 0 Å². The highest BCUT2D eigenvalue weighted by Crippen LogP contribution is 2.22. The van der Waals surface area contributed by atoms with Gasteiger partial charge in [0.1, 0.15) is 5.75 Å². The van der Waals surface area contributed by atoms with E-state index in [0.29, 0.717) is 17.7 Å². The molecule has 0 radical (unpaired) electrons. The van der Waals surface area contributed by atoms with Gasteiger partial charge < -0.3 is 5.11 Å². The molecule has 0 spiro atoms. The smallest absolute Gasteiger partial charge is 0.140 e. The van der Waals surface area contributed by atoms with Crippen LogP contribution in [-0.4, -0.2) is 10.1 Å². The van der Waals surface area contributed by atoms with Crippen LogP contribution in [0.3, 0.4) is 0 Å². The summed E-state index contributed by atoms with van der Waals surface area (Å²) in [5.74, 6) is 0.247. The molecule has 0 amide bonds. The van der Waals surface area contributed by atoms with E-state index in [2.05, 4.69) is 11.1 Å². The average molecular weight is 224 g/mol. The number of hydrogen-bond acceptors (Lipinski definition) is 3. The van der Waals surface area contributed by atoms with E-state index in [4.69, 9.17) is 5.26 Å². The minimum Gasteiger partial charge on any atom is -0.506 e. The zero-order valence-corrected chi connectivity index (χ0v) is 9.51. The first-order valence-corrected chi connectivity index (χ1v) is 5.33. The molecule has 0 unspecified atom stereocenters. The standard InChI is InChI=1S/C14H12N2O/c1-10-14(17)13(6-7-16-10)8-11-2-4-12(9-15)5-3-11/h2-7,17H,8H2,1H3. The Hall–Kier alpha value is -2.34. The first-order chi connectivity index (χ1) is 8.20. The van der Waals surface area contributed by atoms with Crippen molar-refractivity contribution in [2.24, 2.45) is 0 Å². The molecule has 0 aliphatic heterocycles. The van der Waals surface area contributed by atoms with Crippen molar-refractivity contribution in [1.82, 2.24) is 4.98 Å². The van der Waals surface area contributed by atoms with Crippen molar-refractivity contribution in [1.29, 1.82) is 5.26 Å². The molecule has 1 heterocycles. The molecule has 0 fully saturated rings. The Balaban J connectivity index is 2.26. The Morgan fingerprint density at radius 3 is 2.59 bits per heavy atom. The fraction of sp³-hybridized carbons (Fsp3) is 0.143. The third kappa shape index (κ3) is 2.43. The molecule has 3 nitrogen and oxygen atoms in total. The first kappa shape index (κ1) is 11.2. The monoisotopic (exact) mass is 224 g/mol. The lowest BCUT2D eigenvalue weighted by molar-refractivity contribution is 0.461. The number of pyridine rings is 1. The predicted molar refractivity (Wildman–Crippen MR) is 64.6 cm³/mol. The molecule has 0 atom stereocenters. The van der Waals surface area contributed by atoms with Crippen molar-refractivity contribution in [2.75, 3.05) is 0 Å². The van der Waals surface area contributed by atoms with Crippen LogP contribution in [0.2, 0.25) is 0 Å². The summed E-state index contributed by atoms with van der Waals surface area (Å²) < 4.78 is 0. The number of benzene rings is 1. The molecule has 0 aliphatic carbocycles. The summed E-state index contributed by atoms with van der Waals surface area (Å²) in [7, 11) is 0. The summed E-state index contributed by atoms with van der Waals surface area (Å²) in [6, 6.07) is 11.2. The molecule has 0 saturated heterocycles. The van der Waals surface area contributed by atoms with Crippen LogP contribution < -0.4 is 0 Å². The largest absolute Gasteiger partial charge is 0.506 e. The molecule has 0 bridgehead atoms. The maximum absolute atomic E-state index is 9.84. The minimum atomic E-state index is 0.247. The Kier molecular flexibility index (Phi) is 3.06. The van der Waals surface area contributed by atoms with Crippen LogP contribution in [0.5, 0.6) is 5.75 Å². The van der Waals surface area contributed by atoms with Crippen molar-refractivity contribution in [3.05, 3.63) is 58.9 Å². The topological polar surface area (TPSA) is 56.9 Å². The van der Waals surface area contributed by atoms with E-state index in [9.17, 15) is 5.11 Å². The molecule has 1 N–H and O–H groups in total.